The van der Waals surface area contributed by atoms with Crippen molar-refractivity contribution >= 4 is 0 Å². The molecule has 1 saturated heterocycles. The molecule has 1 aromatic carbocycles. The summed E-state index contributed by atoms with van der Waals surface area (Å²) in [6.07, 6.45) is 3.45. The molecular weight excluding hydrogens is 298 g/mol. The minimum atomic E-state index is -0.177. The highest BCUT2D eigenvalue weighted by Gasteiger charge is 2.43. The van der Waals surface area contributed by atoms with E-state index in [1.807, 2.05) is 6.07 Å². The van der Waals surface area contributed by atoms with Gasteiger partial charge in [-0.05, 0) is 73.3 Å². The predicted molar refractivity (Wildman–Crippen MR) is 99.8 cm³/mol. The maximum Gasteiger partial charge on any atom is 0.128 e. The summed E-state index contributed by atoms with van der Waals surface area (Å²) in [7, 11) is 0. The van der Waals surface area contributed by atoms with E-state index in [1.165, 1.54) is 12.0 Å². The van der Waals surface area contributed by atoms with Crippen molar-refractivity contribution in [1.29, 1.82) is 0 Å². The highest BCUT2D eigenvalue weighted by molar-refractivity contribution is 5.17. The van der Waals surface area contributed by atoms with Gasteiger partial charge in [0.2, 0.25) is 0 Å². The summed E-state index contributed by atoms with van der Waals surface area (Å²) < 4.78 is 6.07. The van der Waals surface area contributed by atoms with Crippen molar-refractivity contribution in [2.45, 2.75) is 90.5 Å². The zero-order valence-electron chi connectivity index (χ0n) is 16.6. The van der Waals surface area contributed by atoms with Gasteiger partial charge < -0.3 is 4.74 Å². The summed E-state index contributed by atoms with van der Waals surface area (Å²) in [5.41, 5.74) is 1.04. The number of rotatable bonds is 5. The Kier molecular flexibility index (Phi) is 5.79. The molecule has 1 heterocycles. The highest BCUT2D eigenvalue weighted by Crippen LogP contribution is 2.40. The third-order valence-corrected chi connectivity index (χ3v) is 4.75. The summed E-state index contributed by atoms with van der Waals surface area (Å²) >= 11 is 0. The van der Waals surface area contributed by atoms with Gasteiger partial charge in [0.05, 0.1) is 12.2 Å². The van der Waals surface area contributed by atoms with Crippen LogP contribution in [-0.2, 0) is 9.57 Å². The molecule has 0 radical (unpaired) electrons. The third kappa shape index (κ3) is 5.05. The van der Waals surface area contributed by atoms with E-state index in [0.717, 1.165) is 12.8 Å². The largest absolute Gasteiger partial charge is 0.373 e. The number of piperidine rings is 1. The molecule has 0 aliphatic carbocycles. The Morgan fingerprint density at radius 1 is 1.00 bits per heavy atom. The number of hydrogen-bond donors (Lipinski definition) is 0. The van der Waals surface area contributed by atoms with Gasteiger partial charge in [-0.2, -0.15) is 5.06 Å². The Balaban J connectivity index is 2.23. The Morgan fingerprint density at radius 2 is 1.54 bits per heavy atom. The first-order valence-electron chi connectivity index (χ1n) is 9.17. The van der Waals surface area contributed by atoms with Crippen molar-refractivity contribution in [1.82, 2.24) is 5.06 Å². The van der Waals surface area contributed by atoms with Crippen LogP contribution >= 0.6 is 0 Å². The molecule has 1 aliphatic rings. The molecule has 1 aliphatic heterocycles. The van der Waals surface area contributed by atoms with Gasteiger partial charge in [0.1, 0.15) is 6.10 Å². The minimum Gasteiger partial charge on any atom is -0.373 e. The standard InChI is InChI=1S/C21H35NO2/c1-19(2,3)23-16-18(17-12-9-8-10-13-17)24-22-20(4,5)14-11-15-21(22,6)7/h8-10,12-13,18H,11,14-16H2,1-7H3. The number of nitrogens with zero attached hydrogens (tertiary/aromatic N) is 1. The van der Waals surface area contributed by atoms with E-state index < -0.39 is 0 Å². The van der Waals surface area contributed by atoms with Gasteiger partial charge in [0, 0.05) is 11.1 Å². The quantitative estimate of drug-likeness (QED) is 0.708. The highest BCUT2D eigenvalue weighted by atomic mass is 16.7. The van der Waals surface area contributed by atoms with Gasteiger partial charge in [-0.1, -0.05) is 30.3 Å². The van der Waals surface area contributed by atoms with Crippen LogP contribution in [-0.4, -0.2) is 28.3 Å². The maximum absolute atomic E-state index is 6.61. The monoisotopic (exact) mass is 333 g/mol. The van der Waals surface area contributed by atoms with Crippen molar-refractivity contribution in [3.63, 3.8) is 0 Å². The van der Waals surface area contributed by atoms with Crippen LogP contribution in [0.3, 0.4) is 0 Å². The van der Waals surface area contributed by atoms with Gasteiger partial charge in [0.25, 0.3) is 0 Å². The fraction of sp³-hybridized carbons (Fsp3) is 0.714. The molecule has 1 aromatic rings. The lowest BCUT2D eigenvalue weighted by Gasteiger charge is -2.52. The topological polar surface area (TPSA) is 21.7 Å². The molecule has 136 valence electrons. The van der Waals surface area contributed by atoms with Crippen molar-refractivity contribution in [2.75, 3.05) is 6.61 Å². The van der Waals surface area contributed by atoms with E-state index in [4.69, 9.17) is 9.57 Å². The molecule has 3 heteroatoms. The van der Waals surface area contributed by atoms with E-state index in [9.17, 15) is 0 Å². The maximum atomic E-state index is 6.61. The first kappa shape index (κ1) is 19.4. The fourth-order valence-electron chi connectivity index (χ4n) is 3.57. The van der Waals surface area contributed by atoms with E-state index >= 15 is 0 Å². The van der Waals surface area contributed by atoms with Gasteiger partial charge in [0.15, 0.2) is 0 Å². The lowest BCUT2D eigenvalue weighted by molar-refractivity contribution is -0.315. The molecule has 3 nitrogen and oxygen atoms in total. The van der Waals surface area contributed by atoms with Crippen LogP contribution in [0.15, 0.2) is 30.3 Å². The van der Waals surface area contributed by atoms with Gasteiger partial charge in [-0.25, -0.2) is 0 Å². The van der Waals surface area contributed by atoms with Crippen LogP contribution in [0, 0.1) is 0 Å². The summed E-state index contributed by atoms with van der Waals surface area (Å²) in [6, 6.07) is 10.4. The normalized spacial score (nSPS) is 22.3. The average molecular weight is 334 g/mol. The van der Waals surface area contributed by atoms with E-state index in [1.54, 1.807) is 0 Å². The fourth-order valence-corrected chi connectivity index (χ4v) is 3.57. The molecule has 0 aromatic heterocycles. The second-order valence-electron chi connectivity index (χ2n) is 9.20. The molecule has 24 heavy (non-hydrogen) atoms. The van der Waals surface area contributed by atoms with Gasteiger partial charge in [-0.15, -0.1) is 0 Å². The lowest BCUT2D eigenvalue weighted by Crippen LogP contribution is -2.58. The van der Waals surface area contributed by atoms with Crippen LogP contribution in [0.25, 0.3) is 0 Å². The Hall–Kier alpha value is -0.900. The number of benzene rings is 1. The second-order valence-corrected chi connectivity index (χ2v) is 9.20. The van der Waals surface area contributed by atoms with E-state index in [0.29, 0.717) is 6.61 Å². The van der Waals surface area contributed by atoms with Crippen LogP contribution in [0.1, 0.15) is 79.4 Å². The van der Waals surface area contributed by atoms with Crippen LogP contribution < -0.4 is 0 Å². The van der Waals surface area contributed by atoms with Crippen molar-refractivity contribution in [3.8, 4) is 0 Å². The van der Waals surface area contributed by atoms with Crippen LogP contribution in [0.5, 0.6) is 0 Å². The van der Waals surface area contributed by atoms with Gasteiger partial charge >= 0.3 is 0 Å². The summed E-state index contributed by atoms with van der Waals surface area (Å²) in [4.78, 5) is 6.61. The average Bonchev–Trinajstić information content (AvgIpc) is 2.45. The number of hydroxylamine groups is 2. The Labute approximate surface area is 148 Å². The SMILES string of the molecule is CC(C)(C)OCC(ON1C(C)(C)CCCC1(C)C)c1ccccc1. The smallest absolute Gasteiger partial charge is 0.128 e. The molecule has 0 bridgehead atoms. The molecule has 2 rings (SSSR count). The second kappa shape index (κ2) is 7.15. The third-order valence-electron chi connectivity index (χ3n) is 4.75. The molecule has 1 atom stereocenters. The van der Waals surface area contributed by atoms with Crippen LogP contribution in [0.4, 0.5) is 0 Å². The first-order valence-corrected chi connectivity index (χ1v) is 9.17. The Bertz CT molecular complexity index is 500. The lowest BCUT2D eigenvalue weighted by atomic mass is 9.82. The van der Waals surface area contributed by atoms with Crippen molar-refractivity contribution in [2.24, 2.45) is 0 Å². The van der Waals surface area contributed by atoms with Gasteiger partial charge in [-0.3, -0.25) is 4.84 Å². The molecule has 1 unspecified atom stereocenters. The molecule has 0 amide bonds. The zero-order valence-corrected chi connectivity index (χ0v) is 16.6. The molecule has 0 saturated carbocycles. The summed E-state index contributed by atoms with van der Waals surface area (Å²) in [6.45, 7) is 15.9. The zero-order chi connectivity index (χ0) is 18.0. The predicted octanol–water partition coefficient (Wildman–Crippen LogP) is 5.52. The van der Waals surface area contributed by atoms with E-state index in [2.05, 4.69) is 77.8 Å². The van der Waals surface area contributed by atoms with E-state index in [-0.39, 0.29) is 22.8 Å². The van der Waals surface area contributed by atoms with Crippen molar-refractivity contribution in [3.05, 3.63) is 35.9 Å². The summed E-state index contributed by atoms with van der Waals surface area (Å²) in [5.74, 6) is 0. The molecule has 1 fully saturated rings. The minimum absolute atomic E-state index is 0.0243. The number of hydrogen-bond acceptors (Lipinski definition) is 3. The van der Waals surface area contributed by atoms with Crippen molar-refractivity contribution < 1.29 is 9.57 Å². The Morgan fingerprint density at radius 3 is 2.04 bits per heavy atom. The summed E-state index contributed by atoms with van der Waals surface area (Å²) in [5, 5.41) is 2.23. The van der Waals surface area contributed by atoms with Crippen LogP contribution in [0.2, 0.25) is 0 Å². The first-order chi connectivity index (χ1) is 11.0. The molecule has 0 N–H and O–H groups in total. The molecule has 0 spiro atoms. The number of ether oxygens (including phenoxy) is 1. The molecular formula is C21H35NO2.